The van der Waals surface area contributed by atoms with Gasteiger partial charge in [0.25, 0.3) is 0 Å². The van der Waals surface area contributed by atoms with E-state index in [0.29, 0.717) is 17.8 Å². The maximum absolute atomic E-state index is 5.95. The number of rotatable bonds is 3. The largest absolute Gasteiger partial charge is 0.460 e. The van der Waals surface area contributed by atoms with Crippen LogP contribution >= 0.6 is 0 Å². The molecule has 1 saturated carbocycles. The molecule has 0 bridgehead atoms. The standard InChI is InChI=1S/C14H22N4O2/c1-11-15-13(18-7-9-19-10-8-18)17-14(16-11)20-12-5-3-2-4-6-12/h12H,2-10H2,1H3. The minimum Gasteiger partial charge on any atom is -0.460 e. The molecular formula is C14H22N4O2. The molecule has 6 heteroatoms. The van der Waals surface area contributed by atoms with Crippen molar-refractivity contribution in [2.24, 2.45) is 0 Å². The predicted octanol–water partition coefficient (Wildman–Crippen LogP) is 1.73. The zero-order valence-corrected chi connectivity index (χ0v) is 12.0. The number of aryl methyl sites for hydroxylation is 1. The first-order chi connectivity index (χ1) is 9.81. The molecule has 1 aromatic heterocycles. The Hall–Kier alpha value is -1.43. The van der Waals surface area contributed by atoms with E-state index in [0.717, 1.165) is 39.1 Å². The Bertz CT molecular complexity index is 443. The maximum Gasteiger partial charge on any atom is 0.321 e. The van der Waals surface area contributed by atoms with Crippen LogP contribution in [0.25, 0.3) is 0 Å². The lowest BCUT2D eigenvalue weighted by molar-refractivity contribution is 0.121. The first-order valence-corrected chi connectivity index (χ1v) is 7.53. The third-order valence-corrected chi connectivity index (χ3v) is 3.83. The van der Waals surface area contributed by atoms with Crippen molar-refractivity contribution in [3.05, 3.63) is 5.82 Å². The van der Waals surface area contributed by atoms with Crippen LogP contribution in [-0.2, 0) is 4.74 Å². The van der Waals surface area contributed by atoms with Crippen LogP contribution in [0, 0.1) is 6.92 Å². The summed E-state index contributed by atoms with van der Waals surface area (Å²) in [4.78, 5) is 15.3. The summed E-state index contributed by atoms with van der Waals surface area (Å²) >= 11 is 0. The Morgan fingerprint density at radius 3 is 2.55 bits per heavy atom. The van der Waals surface area contributed by atoms with E-state index in [1.165, 1.54) is 19.3 Å². The van der Waals surface area contributed by atoms with Crippen LogP contribution in [-0.4, -0.2) is 47.4 Å². The summed E-state index contributed by atoms with van der Waals surface area (Å²) in [6.45, 7) is 4.99. The van der Waals surface area contributed by atoms with E-state index < -0.39 is 0 Å². The average molecular weight is 278 g/mol. The molecule has 1 aliphatic carbocycles. The Kier molecular flexibility index (Phi) is 4.30. The van der Waals surface area contributed by atoms with Gasteiger partial charge in [-0.2, -0.15) is 15.0 Å². The highest BCUT2D eigenvalue weighted by atomic mass is 16.5. The van der Waals surface area contributed by atoms with Gasteiger partial charge in [0.05, 0.1) is 13.2 Å². The number of nitrogens with zero attached hydrogens (tertiary/aromatic N) is 4. The molecule has 0 radical (unpaired) electrons. The average Bonchev–Trinajstić information content (AvgIpc) is 2.49. The zero-order chi connectivity index (χ0) is 13.8. The van der Waals surface area contributed by atoms with E-state index in [2.05, 4.69) is 19.9 Å². The van der Waals surface area contributed by atoms with E-state index in [9.17, 15) is 0 Å². The van der Waals surface area contributed by atoms with Gasteiger partial charge in [-0.15, -0.1) is 0 Å². The lowest BCUT2D eigenvalue weighted by Gasteiger charge is -2.27. The second-order valence-electron chi connectivity index (χ2n) is 5.44. The van der Waals surface area contributed by atoms with Gasteiger partial charge in [0.1, 0.15) is 11.9 Å². The molecule has 2 fully saturated rings. The molecule has 1 saturated heterocycles. The molecule has 2 aliphatic rings. The Morgan fingerprint density at radius 2 is 1.80 bits per heavy atom. The molecule has 110 valence electrons. The van der Waals surface area contributed by atoms with Crippen LogP contribution in [0.5, 0.6) is 6.01 Å². The van der Waals surface area contributed by atoms with Crippen molar-refractivity contribution in [1.82, 2.24) is 15.0 Å². The van der Waals surface area contributed by atoms with E-state index in [1.54, 1.807) is 0 Å². The minimum absolute atomic E-state index is 0.267. The maximum atomic E-state index is 5.95. The van der Waals surface area contributed by atoms with E-state index >= 15 is 0 Å². The van der Waals surface area contributed by atoms with Crippen LogP contribution in [0.15, 0.2) is 0 Å². The summed E-state index contributed by atoms with van der Waals surface area (Å²) < 4.78 is 11.3. The molecule has 1 aromatic rings. The minimum atomic E-state index is 0.267. The van der Waals surface area contributed by atoms with Gasteiger partial charge in [0.2, 0.25) is 5.95 Å². The summed E-state index contributed by atoms with van der Waals surface area (Å²) in [6, 6.07) is 0.478. The van der Waals surface area contributed by atoms with Gasteiger partial charge in [-0.25, -0.2) is 0 Å². The fourth-order valence-corrected chi connectivity index (χ4v) is 2.73. The zero-order valence-electron chi connectivity index (χ0n) is 12.0. The number of aromatic nitrogens is 3. The Morgan fingerprint density at radius 1 is 1.05 bits per heavy atom. The highest BCUT2D eigenvalue weighted by Crippen LogP contribution is 2.22. The van der Waals surface area contributed by atoms with Gasteiger partial charge in [0.15, 0.2) is 0 Å². The molecular weight excluding hydrogens is 256 g/mol. The van der Waals surface area contributed by atoms with Crippen LogP contribution in [0.2, 0.25) is 0 Å². The second-order valence-corrected chi connectivity index (χ2v) is 5.44. The van der Waals surface area contributed by atoms with Crippen molar-refractivity contribution in [2.75, 3.05) is 31.2 Å². The van der Waals surface area contributed by atoms with Gasteiger partial charge in [0, 0.05) is 13.1 Å². The lowest BCUT2D eigenvalue weighted by Crippen LogP contribution is -2.37. The molecule has 0 unspecified atom stereocenters. The summed E-state index contributed by atoms with van der Waals surface area (Å²) in [5, 5.41) is 0. The van der Waals surface area contributed by atoms with E-state index in [4.69, 9.17) is 9.47 Å². The SMILES string of the molecule is Cc1nc(OC2CCCCC2)nc(N2CCOCC2)n1. The topological polar surface area (TPSA) is 60.4 Å². The van der Waals surface area contributed by atoms with E-state index in [1.807, 2.05) is 6.92 Å². The van der Waals surface area contributed by atoms with Crippen LogP contribution < -0.4 is 9.64 Å². The quantitative estimate of drug-likeness (QED) is 0.839. The lowest BCUT2D eigenvalue weighted by atomic mass is 9.98. The van der Waals surface area contributed by atoms with Gasteiger partial charge in [-0.05, 0) is 32.6 Å². The molecule has 0 spiro atoms. The molecule has 0 N–H and O–H groups in total. The number of anilines is 1. The summed E-state index contributed by atoms with van der Waals surface area (Å²) in [5.41, 5.74) is 0. The summed E-state index contributed by atoms with van der Waals surface area (Å²) in [7, 11) is 0. The molecule has 2 heterocycles. The number of morpholine rings is 1. The Labute approximate surface area is 119 Å². The fraction of sp³-hybridized carbons (Fsp3) is 0.786. The van der Waals surface area contributed by atoms with Crippen molar-refractivity contribution in [3.8, 4) is 6.01 Å². The molecule has 3 rings (SSSR count). The van der Waals surface area contributed by atoms with Crippen molar-refractivity contribution < 1.29 is 9.47 Å². The molecule has 1 aliphatic heterocycles. The van der Waals surface area contributed by atoms with Gasteiger partial charge in [-0.1, -0.05) is 6.42 Å². The van der Waals surface area contributed by atoms with Crippen molar-refractivity contribution in [2.45, 2.75) is 45.1 Å². The van der Waals surface area contributed by atoms with Crippen LogP contribution in [0.3, 0.4) is 0 Å². The normalized spacial score (nSPS) is 20.9. The van der Waals surface area contributed by atoms with Crippen molar-refractivity contribution >= 4 is 5.95 Å². The molecule has 6 nitrogen and oxygen atoms in total. The highest BCUT2D eigenvalue weighted by Gasteiger charge is 2.19. The van der Waals surface area contributed by atoms with Gasteiger partial charge >= 0.3 is 6.01 Å². The third kappa shape index (κ3) is 3.36. The van der Waals surface area contributed by atoms with Crippen molar-refractivity contribution in [1.29, 1.82) is 0 Å². The highest BCUT2D eigenvalue weighted by molar-refractivity contribution is 5.31. The number of hydrogen-bond acceptors (Lipinski definition) is 6. The molecule has 0 amide bonds. The smallest absolute Gasteiger partial charge is 0.321 e. The fourth-order valence-electron chi connectivity index (χ4n) is 2.73. The van der Waals surface area contributed by atoms with Gasteiger partial charge < -0.3 is 14.4 Å². The monoisotopic (exact) mass is 278 g/mol. The van der Waals surface area contributed by atoms with Crippen molar-refractivity contribution in [3.63, 3.8) is 0 Å². The third-order valence-electron chi connectivity index (χ3n) is 3.83. The molecule has 20 heavy (non-hydrogen) atoms. The number of ether oxygens (including phenoxy) is 2. The van der Waals surface area contributed by atoms with Crippen LogP contribution in [0.1, 0.15) is 37.9 Å². The predicted molar refractivity (Wildman–Crippen MR) is 75.1 cm³/mol. The number of hydrogen-bond donors (Lipinski definition) is 0. The second kappa shape index (κ2) is 6.35. The summed E-state index contributed by atoms with van der Waals surface area (Å²) in [5.74, 6) is 1.43. The van der Waals surface area contributed by atoms with Gasteiger partial charge in [-0.3, -0.25) is 0 Å². The first-order valence-electron chi connectivity index (χ1n) is 7.53. The van der Waals surface area contributed by atoms with E-state index in [-0.39, 0.29) is 6.10 Å². The summed E-state index contributed by atoms with van der Waals surface area (Å²) in [6.07, 6.45) is 6.28. The molecule has 0 aromatic carbocycles. The molecule has 0 atom stereocenters. The first kappa shape index (κ1) is 13.5. The van der Waals surface area contributed by atoms with Crippen LogP contribution in [0.4, 0.5) is 5.95 Å². The Balaban J connectivity index is 1.71.